The number of amides is 1. The molecule has 0 aliphatic rings. The fraction of sp³-hybridized carbons (Fsp3) is 0.333. The highest BCUT2D eigenvalue weighted by Crippen LogP contribution is 2.13. The van der Waals surface area contributed by atoms with Crippen LogP contribution >= 0.6 is 0 Å². The molecule has 4 nitrogen and oxygen atoms in total. The van der Waals surface area contributed by atoms with E-state index in [1.54, 1.807) is 13.8 Å². The van der Waals surface area contributed by atoms with Crippen LogP contribution in [0.4, 0.5) is 4.39 Å². The highest BCUT2D eigenvalue weighted by molar-refractivity contribution is 5.97. The third-order valence-corrected chi connectivity index (χ3v) is 2.43. The van der Waals surface area contributed by atoms with Gasteiger partial charge in [0.15, 0.2) is 0 Å². The predicted octanol–water partition coefficient (Wildman–Crippen LogP) is 1.68. The van der Waals surface area contributed by atoms with Crippen LogP contribution < -0.4 is 0 Å². The Balaban J connectivity index is 3.01. The number of carboxylic acid groups (broad SMARTS) is 1. The summed E-state index contributed by atoms with van der Waals surface area (Å²) in [7, 11) is 0. The third kappa shape index (κ3) is 3.27. The first-order valence-electron chi connectivity index (χ1n) is 5.23. The van der Waals surface area contributed by atoms with Crippen LogP contribution in [0.2, 0.25) is 0 Å². The van der Waals surface area contributed by atoms with E-state index in [0.717, 1.165) is 11.0 Å². The highest BCUT2D eigenvalue weighted by atomic mass is 19.1. The lowest BCUT2D eigenvalue weighted by Crippen LogP contribution is -2.35. The SMILES string of the molecule is CCN(CC(=O)O)C(=O)c1cc(F)ccc1C. The lowest BCUT2D eigenvalue weighted by molar-refractivity contribution is -0.137. The van der Waals surface area contributed by atoms with Crippen LogP contribution in [0.25, 0.3) is 0 Å². The van der Waals surface area contributed by atoms with E-state index in [1.165, 1.54) is 12.1 Å². The minimum atomic E-state index is -1.09. The molecule has 0 saturated carbocycles. The van der Waals surface area contributed by atoms with E-state index in [1.807, 2.05) is 0 Å². The molecule has 0 unspecified atom stereocenters. The molecule has 92 valence electrons. The number of benzene rings is 1. The molecule has 1 amide bonds. The van der Waals surface area contributed by atoms with Crippen LogP contribution in [-0.2, 0) is 4.79 Å². The van der Waals surface area contributed by atoms with Gasteiger partial charge in [-0.05, 0) is 31.5 Å². The Kier molecular flexibility index (Phi) is 4.20. The summed E-state index contributed by atoms with van der Waals surface area (Å²) in [6.07, 6.45) is 0. The summed E-state index contributed by atoms with van der Waals surface area (Å²) >= 11 is 0. The molecule has 0 atom stereocenters. The van der Waals surface area contributed by atoms with Gasteiger partial charge < -0.3 is 10.0 Å². The van der Waals surface area contributed by atoms with Gasteiger partial charge in [-0.2, -0.15) is 0 Å². The number of aryl methyl sites for hydroxylation is 1. The van der Waals surface area contributed by atoms with Gasteiger partial charge in [0.25, 0.3) is 5.91 Å². The molecular formula is C12H14FNO3. The normalized spacial score (nSPS) is 10.1. The summed E-state index contributed by atoms with van der Waals surface area (Å²) in [5.74, 6) is -2.06. The van der Waals surface area contributed by atoms with E-state index in [9.17, 15) is 14.0 Å². The van der Waals surface area contributed by atoms with Crippen molar-refractivity contribution in [3.8, 4) is 0 Å². The first-order valence-corrected chi connectivity index (χ1v) is 5.23. The Hall–Kier alpha value is -1.91. The number of rotatable bonds is 4. The van der Waals surface area contributed by atoms with E-state index in [-0.39, 0.29) is 18.7 Å². The highest BCUT2D eigenvalue weighted by Gasteiger charge is 2.18. The topological polar surface area (TPSA) is 57.6 Å². The molecule has 1 aromatic rings. The molecule has 0 spiro atoms. The fourth-order valence-corrected chi connectivity index (χ4v) is 1.49. The molecule has 0 aromatic heterocycles. The monoisotopic (exact) mass is 239 g/mol. The molecule has 1 aromatic carbocycles. The Bertz CT molecular complexity index is 445. The van der Waals surface area contributed by atoms with Crippen molar-refractivity contribution in [2.75, 3.05) is 13.1 Å². The molecule has 0 bridgehead atoms. The third-order valence-electron chi connectivity index (χ3n) is 2.43. The van der Waals surface area contributed by atoms with E-state index in [0.29, 0.717) is 5.56 Å². The largest absolute Gasteiger partial charge is 0.480 e. The van der Waals surface area contributed by atoms with Crippen LogP contribution in [0.1, 0.15) is 22.8 Å². The summed E-state index contributed by atoms with van der Waals surface area (Å²) in [6.45, 7) is 3.24. The number of aliphatic carboxylic acids is 1. The summed E-state index contributed by atoms with van der Waals surface area (Å²) in [6, 6.07) is 3.89. The van der Waals surface area contributed by atoms with Gasteiger partial charge in [-0.3, -0.25) is 9.59 Å². The van der Waals surface area contributed by atoms with Gasteiger partial charge in [0.1, 0.15) is 12.4 Å². The van der Waals surface area contributed by atoms with Crippen molar-refractivity contribution in [3.63, 3.8) is 0 Å². The van der Waals surface area contributed by atoms with Crippen LogP contribution in [-0.4, -0.2) is 35.0 Å². The Morgan fingerprint density at radius 1 is 1.41 bits per heavy atom. The van der Waals surface area contributed by atoms with E-state index < -0.39 is 17.7 Å². The molecule has 0 aliphatic carbocycles. The minimum Gasteiger partial charge on any atom is -0.480 e. The van der Waals surface area contributed by atoms with Gasteiger partial charge >= 0.3 is 5.97 Å². The number of carbonyl (C=O) groups is 2. The summed E-state index contributed by atoms with van der Waals surface area (Å²) in [5, 5.41) is 8.67. The van der Waals surface area contributed by atoms with Gasteiger partial charge in [-0.15, -0.1) is 0 Å². The Morgan fingerprint density at radius 2 is 2.06 bits per heavy atom. The van der Waals surface area contributed by atoms with Crippen molar-refractivity contribution in [3.05, 3.63) is 35.1 Å². The van der Waals surface area contributed by atoms with Gasteiger partial charge in [0, 0.05) is 12.1 Å². The van der Waals surface area contributed by atoms with Crippen molar-refractivity contribution in [1.82, 2.24) is 4.90 Å². The van der Waals surface area contributed by atoms with Crippen LogP contribution in [0.3, 0.4) is 0 Å². The number of carboxylic acids is 1. The average Bonchev–Trinajstić information content (AvgIpc) is 2.28. The fourth-order valence-electron chi connectivity index (χ4n) is 1.49. The van der Waals surface area contributed by atoms with Crippen LogP contribution in [0, 0.1) is 12.7 Å². The zero-order valence-corrected chi connectivity index (χ0v) is 9.74. The summed E-state index contributed by atoms with van der Waals surface area (Å²) in [4.78, 5) is 23.7. The molecule has 0 radical (unpaired) electrons. The molecular weight excluding hydrogens is 225 g/mol. The van der Waals surface area contributed by atoms with Gasteiger partial charge in [0.05, 0.1) is 0 Å². The molecule has 0 aliphatic heterocycles. The van der Waals surface area contributed by atoms with Crippen LogP contribution in [0.5, 0.6) is 0 Å². The van der Waals surface area contributed by atoms with Gasteiger partial charge in [0.2, 0.25) is 0 Å². The molecule has 0 heterocycles. The molecule has 1 rings (SSSR count). The van der Waals surface area contributed by atoms with Crippen molar-refractivity contribution >= 4 is 11.9 Å². The number of carbonyl (C=O) groups excluding carboxylic acids is 1. The first-order chi connectivity index (χ1) is 7.95. The standard InChI is InChI=1S/C12H14FNO3/c1-3-14(7-11(15)16)12(17)10-6-9(13)5-4-8(10)2/h4-6H,3,7H2,1-2H3,(H,15,16). The maximum atomic E-state index is 13.1. The first kappa shape index (κ1) is 13.2. The summed E-state index contributed by atoms with van der Waals surface area (Å²) < 4.78 is 13.1. The van der Waals surface area contributed by atoms with E-state index in [4.69, 9.17) is 5.11 Å². The quantitative estimate of drug-likeness (QED) is 0.869. The molecule has 5 heteroatoms. The molecule has 0 saturated heterocycles. The number of nitrogens with zero attached hydrogens (tertiary/aromatic N) is 1. The number of hydrogen-bond acceptors (Lipinski definition) is 2. The number of likely N-dealkylation sites (N-methyl/N-ethyl adjacent to an activating group) is 1. The smallest absolute Gasteiger partial charge is 0.323 e. The number of hydrogen-bond donors (Lipinski definition) is 1. The zero-order chi connectivity index (χ0) is 13.0. The van der Waals surface area contributed by atoms with E-state index in [2.05, 4.69) is 0 Å². The second kappa shape index (κ2) is 5.43. The van der Waals surface area contributed by atoms with Crippen molar-refractivity contribution in [1.29, 1.82) is 0 Å². The van der Waals surface area contributed by atoms with Crippen LogP contribution in [0.15, 0.2) is 18.2 Å². The van der Waals surface area contributed by atoms with Gasteiger partial charge in [-0.1, -0.05) is 6.07 Å². The molecule has 0 fully saturated rings. The minimum absolute atomic E-state index is 0.202. The lowest BCUT2D eigenvalue weighted by Gasteiger charge is -2.19. The predicted molar refractivity (Wildman–Crippen MR) is 60.4 cm³/mol. The average molecular weight is 239 g/mol. The number of halogens is 1. The van der Waals surface area contributed by atoms with E-state index >= 15 is 0 Å². The van der Waals surface area contributed by atoms with Crippen molar-refractivity contribution in [2.45, 2.75) is 13.8 Å². The Morgan fingerprint density at radius 3 is 2.59 bits per heavy atom. The van der Waals surface area contributed by atoms with Gasteiger partial charge in [-0.25, -0.2) is 4.39 Å². The second-order valence-corrected chi connectivity index (χ2v) is 3.67. The molecule has 1 N–H and O–H groups in total. The van der Waals surface area contributed by atoms with Crippen molar-refractivity contribution < 1.29 is 19.1 Å². The summed E-state index contributed by atoms with van der Waals surface area (Å²) in [5.41, 5.74) is 0.827. The molecule has 17 heavy (non-hydrogen) atoms. The Labute approximate surface area is 98.7 Å². The maximum absolute atomic E-state index is 13.1. The zero-order valence-electron chi connectivity index (χ0n) is 9.74. The maximum Gasteiger partial charge on any atom is 0.323 e. The second-order valence-electron chi connectivity index (χ2n) is 3.67. The van der Waals surface area contributed by atoms with Crippen molar-refractivity contribution in [2.24, 2.45) is 0 Å². The lowest BCUT2D eigenvalue weighted by atomic mass is 10.1.